The summed E-state index contributed by atoms with van der Waals surface area (Å²) in [5.41, 5.74) is 0.409. The summed E-state index contributed by atoms with van der Waals surface area (Å²) < 4.78 is 20.7. The van der Waals surface area contributed by atoms with Gasteiger partial charge in [0.2, 0.25) is 0 Å². The van der Waals surface area contributed by atoms with Crippen LogP contribution in [0.1, 0.15) is 39.5 Å². The summed E-state index contributed by atoms with van der Waals surface area (Å²) >= 11 is 1.98. The first-order chi connectivity index (χ1) is 8.06. The molecule has 0 spiro atoms. The molecule has 0 aliphatic rings. The van der Waals surface area contributed by atoms with Gasteiger partial charge in [0, 0.05) is 6.20 Å². The lowest BCUT2D eigenvalue weighted by Gasteiger charge is -2.38. The molecule has 1 aromatic heterocycles. The molecule has 1 heterocycles. The molecule has 0 saturated heterocycles. The highest BCUT2D eigenvalue weighted by molar-refractivity contribution is 14.1. The first-order valence-electron chi connectivity index (χ1n) is 6.04. The van der Waals surface area contributed by atoms with Gasteiger partial charge in [-0.05, 0) is 53.7 Å². The Bertz CT molecular complexity index is 431. The van der Waals surface area contributed by atoms with E-state index in [1.165, 1.54) is 0 Å². The Balaban J connectivity index is 2.96. The Kier molecular flexibility index (Phi) is 4.94. The van der Waals surface area contributed by atoms with Crippen molar-refractivity contribution in [1.82, 2.24) is 4.98 Å². The molecule has 5 heteroatoms. The van der Waals surface area contributed by atoms with Crippen LogP contribution in [0.3, 0.4) is 0 Å². The van der Waals surface area contributed by atoms with Crippen LogP contribution >= 0.6 is 22.6 Å². The van der Waals surface area contributed by atoms with Gasteiger partial charge in [-0.25, -0.2) is 4.39 Å². The first kappa shape index (κ1) is 16.0. The van der Waals surface area contributed by atoms with E-state index >= 15 is 0 Å². The van der Waals surface area contributed by atoms with Gasteiger partial charge >= 0.3 is 0 Å². The molecule has 0 aliphatic carbocycles. The highest BCUT2D eigenvalue weighted by Crippen LogP contribution is 2.39. The van der Waals surface area contributed by atoms with Crippen LogP contribution in [0.25, 0.3) is 0 Å². The minimum atomic E-state index is -1.90. The lowest BCUT2D eigenvalue weighted by atomic mass is 10.2. The van der Waals surface area contributed by atoms with Gasteiger partial charge in [-0.1, -0.05) is 20.8 Å². The zero-order valence-electron chi connectivity index (χ0n) is 11.8. The predicted octanol–water partition coefficient (Wildman–Crippen LogP) is 4.91. The molecule has 1 aromatic rings. The van der Waals surface area contributed by atoms with Crippen molar-refractivity contribution in [3.63, 3.8) is 0 Å². The molecular weight excluding hydrogens is 360 g/mol. The lowest BCUT2D eigenvalue weighted by Crippen LogP contribution is -2.41. The number of hydrogen-bond acceptors (Lipinski definition) is 2. The topological polar surface area (TPSA) is 22.1 Å². The number of halogens is 2. The van der Waals surface area contributed by atoms with Gasteiger partial charge in [0.05, 0.1) is 9.67 Å². The second-order valence-corrected chi connectivity index (χ2v) is 11.9. The Morgan fingerprint density at radius 1 is 1.39 bits per heavy atom. The van der Waals surface area contributed by atoms with Crippen LogP contribution in [0.4, 0.5) is 4.39 Å². The molecule has 18 heavy (non-hydrogen) atoms. The van der Waals surface area contributed by atoms with Gasteiger partial charge in [-0.3, -0.25) is 4.98 Å². The molecule has 2 nitrogen and oxygen atoms in total. The molecular formula is C13H21FINOSi. The minimum absolute atomic E-state index is 0.111. The predicted molar refractivity (Wildman–Crippen MR) is 83.6 cm³/mol. The van der Waals surface area contributed by atoms with Crippen molar-refractivity contribution in [2.24, 2.45) is 0 Å². The third-order valence-corrected chi connectivity index (χ3v) is 8.92. The normalized spacial score (nSPS) is 14.7. The zero-order valence-corrected chi connectivity index (χ0v) is 15.0. The fraction of sp³-hybridized carbons (Fsp3) is 0.615. The van der Waals surface area contributed by atoms with Gasteiger partial charge in [0.15, 0.2) is 14.1 Å². The van der Waals surface area contributed by atoms with Crippen LogP contribution in [0.2, 0.25) is 18.1 Å². The van der Waals surface area contributed by atoms with Crippen LogP contribution < -0.4 is 0 Å². The van der Waals surface area contributed by atoms with Crippen molar-refractivity contribution in [2.45, 2.75) is 51.9 Å². The Labute approximate surface area is 124 Å². The smallest absolute Gasteiger partial charge is 0.192 e. The summed E-state index contributed by atoms with van der Waals surface area (Å²) in [5.74, 6) is -0.260. The second kappa shape index (κ2) is 5.54. The molecule has 0 radical (unpaired) electrons. The maximum Gasteiger partial charge on any atom is 0.192 e. The van der Waals surface area contributed by atoms with Gasteiger partial charge in [-0.2, -0.15) is 0 Å². The van der Waals surface area contributed by atoms with Crippen LogP contribution in [-0.2, 0) is 4.43 Å². The van der Waals surface area contributed by atoms with Crippen molar-refractivity contribution in [2.75, 3.05) is 0 Å². The molecule has 1 atom stereocenters. The molecule has 0 amide bonds. The molecule has 0 saturated carbocycles. The molecule has 0 N–H and O–H groups in total. The summed E-state index contributed by atoms with van der Waals surface area (Å²) in [4.78, 5) is 4.12. The largest absolute Gasteiger partial charge is 0.409 e. The van der Waals surface area contributed by atoms with E-state index in [0.29, 0.717) is 9.26 Å². The Morgan fingerprint density at radius 2 is 1.94 bits per heavy atom. The van der Waals surface area contributed by atoms with E-state index in [4.69, 9.17) is 4.43 Å². The number of hydrogen-bond donors (Lipinski definition) is 0. The van der Waals surface area contributed by atoms with Gasteiger partial charge in [0.25, 0.3) is 0 Å². The fourth-order valence-corrected chi connectivity index (χ4v) is 3.18. The van der Waals surface area contributed by atoms with Crippen molar-refractivity contribution < 1.29 is 8.82 Å². The molecule has 1 rings (SSSR count). The van der Waals surface area contributed by atoms with Gasteiger partial charge < -0.3 is 4.43 Å². The van der Waals surface area contributed by atoms with Crippen molar-refractivity contribution >= 4 is 30.9 Å². The van der Waals surface area contributed by atoms with Crippen molar-refractivity contribution in [3.05, 3.63) is 27.3 Å². The molecule has 1 unspecified atom stereocenters. The molecule has 0 aromatic carbocycles. The second-order valence-electron chi connectivity index (χ2n) is 6.01. The average Bonchev–Trinajstić information content (AvgIpc) is 2.19. The first-order valence-corrected chi connectivity index (χ1v) is 10.0. The van der Waals surface area contributed by atoms with E-state index in [1.54, 1.807) is 12.3 Å². The van der Waals surface area contributed by atoms with E-state index in [0.717, 1.165) is 0 Å². The third kappa shape index (κ3) is 3.51. The molecule has 0 bridgehead atoms. The van der Waals surface area contributed by atoms with Crippen LogP contribution in [0, 0.1) is 9.39 Å². The monoisotopic (exact) mass is 381 g/mol. The fourth-order valence-electron chi connectivity index (χ4n) is 1.39. The average molecular weight is 381 g/mol. The summed E-state index contributed by atoms with van der Waals surface area (Å²) in [5, 5.41) is 0.111. The highest BCUT2D eigenvalue weighted by Gasteiger charge is 2.39. The van der Waals surface area contributed by atoms with E-state index in [2.05, 4.69) is 38.8 Å². The Hall–Kier alpha value is -0.0131. The SMILES string of the molecule is CC(O[Si](C)(C)C(C)(C)C)c1nccc(I)c1F. The van der Waals surface area contributed by atoms with E-state index in [-0.39, 0.29) is 17.0 Å². The number of pyridine rings is 1. The number of aromatic nitrogens is 1. The molecule has 0 aliphatic heterocycles. The molecule has 102 valence electrons. The summed E-state index contributed by atoms with van der Waals surface area (Å²) in [7, 11) is -1.90. The molecule has 0 fully saturated rings. The number of nitrogens with zero attached hydrogens (tertiary/aromatic N) is 1. The van der Waals surface area contributed by atoms with E-state index in [9.17, 15) is 4.39 Å². The zero-order chi connectivity index (χ0) is 14.1. The quantitative estimate of drug-likeness (QED) is 0.548. The van der Waals surface area contributed by atoms with Gasteiger partial charge in [0.1, 0.15) is 5.69 Å². The minimum Gasteiger partial charge on any atom is -0.409 e. The van der Waals surface area contributed by atoms with Crippen molar-refractivity contribution in [3.8, 4) is 0 Å². The van der Waals surface area contributed by atoms with E-state index in [1.807, 2.05) is 29.5 Å². The van der Waals surface area contributed by atoms with E-state index < -0.39 is 8.32 Å². The maximum absolute atomic E-state index is 14.0. The summed E-state index contributed by atoms with van der Waals surface area (Å²) in [6.45, 7) is 12.7. The highest BCUT2D eigenvalue weighted by atomic mass is 127. The van der Waals surface area contributed by atoms with Crippen LogP contribution in [0.5, 0.6) is 0 Å². The number of rotatable bonds is 3. The van der Waals surface area contributed by atoms with Crippen molar-refractivity contribution in [1.29, 1.82) is 0 Å². The van der Waals surface area contributed by atoms with Crippen LogP contribution in [-0.4, -0.2) is 13.3 Å². The standard InChI is InChI=1S/C13H21FINOSi/c1-9(17-18(5,6)13(2,3)4)12-11(14)10(15)7-8-16-12/h7-9H,1-6H3. The summed E-state index contributed by atoms with van der Waals surface area (Å²) in [6.07, 6.45) is 1.33. The van der Waals surface area contributed by atoms with Gasteiger partial charge in [-0.15, -0.1) is 0 Å². The lowest BCUT2D eigenvalue weighted by molar-refractivity contribution is 0.193. The summed E-state index contributed by atoms with van der Waals surface area (Å²) in [6, 6.07) is 1.67. The third-order valence-electron chi connectivity index (χ3n) is 3.53. The van der Waals surface area contributed by atoms with Crippen LogP contribution in [0.15, 0.2) is 12.3 Å². The maximum atomic E-state index is 14.0. The Morgan fingerprint density at radius 3 is 2.44 bits per heavy atom.